The van der Waals surface area contributed by atoms with Crippen LogP contribution >= 0.6 is 12.6 Å². The molecule has 0 bridgehead atoms. The molecule has 0 amide bonds. The number of hydrogen-bond acceptors (Lipinski definition) is 3. The molecule has 1 heterocycles. The Morgan fingerprint density at radius 2 is 1.56 bits per heavy atom. The number of thiol groups is 1. The van der Waals surface area contributed by atoms with Gasteiger partial charge in [-0.3, -0.25) is 4.98 Å². The van der Waals surface area contributed by atoms with Gasteiger partial charge in [0.25, 0.3) is 0 Å². The van der Waals surface area contributed by atoms with E-state index in [2.05, 4.69) is 17.6 Å². The molecule has 0 aliphatic rings. The number of halogens is 1. The second kappa shape index (κ2) is 15.7. The average molecular weight is 366 g/mol. The van der Waals surface area contributed by atoms with Crippen molar-refractivity contribution in [2.24, 2.45) is 0 Å². The van der Waals surface area contributed by atoms with E-state index in [0.29, 0.717) is 5.69 Å². The van der Waals surface area contributed by atoms with Crippen LogP contribution in [0.2, 0.25) is 0 Å². The molecular weight excluding hydrogens is 333 g/mol. The molecule has 2 aromatic rings. The number of nitrogens with zero attached hydrogens (tertiary/aromatic N) is 1. The molecule has 0 spiro atoms. The molecule has 4 heteroatoms. The summed E-state index contributed by atoms with van der Waals surface area (Å²) in [5.41, 5.74) is 2.24. The lowest BCUT2D eigenvalue weighted by atomic mass is 10.1. The molecule has 1 aromatic heterocycles. The molecule has 0 aliphatic heterocycles. The third kappa shape index (κ3) is 9.92. The normalized spacial score (nSPS) is 9.36. The summed E-state index contributed by atoms with van der Waals surface area (Å²) in [6, 6.07) is 7.99. The van der Waals surface area contributed by atoms with E-state index in [9.17, 15) is 9.50 Å². The van der Waals surface area contributed by atoms with Crippen LogP contribution in [0.15, 0.2) is 36.5 Å². The molecule has 0 fully saturated rings. The highest BCUT2D eigenvalue weighted by atomic mass is 32.1. The summed E-state index contributed by atoms with van der Waals surface area (Å²) in [5.74, 6) is 0.107. The Bertz CT molecular complexity index is 613. The highest BCUT2D eigenvalue weighted by molar-refractivity contribution is 7.79. The van der Waals surface area contributed by atoms with Crippen LogP contribution in [0.3, 0.4) is 0 Å². The van der Waals surface area contributed by atoms with Crippen molar-refractivity contribution in [1.82, 2.24) is 4.98 Å². The van der Waals surface area contributed by atoms with Gasteiger partial charge in [-0.05, 0) is 41.5 Å². The third-order valence-electron chi connectivity index (χ3n) is 2.78. The molecule has 0 aliphatic carbocycles. The maximum absolute atomic E-state index is 13.0. The molecule has 0 saturated carbocycles. The number of benzene rings is 1. The minimum absolute atomic E-state index is 0.182. The van der Waals surface area contributed by atoms with Gasteiger partial charge in [-0.1, -0.05) is 65.8 Å². The summed E-state index contributed by atoms with van der Waals surface area (Å²) in [4.78, 5) is 4.23. The predicted molar refractivity (Wildman–Crippen MR) is 113 cm³/mol. The predicted octanol–water partition coefficient (Wildman–Crippen LogP) is 6.82. The van der Waals surface area contributed by atoms with Crippen molar-refractivity contribution < 1.29 is 9.50 Å². The van der Waals surface area contributed by atoms with Crippen molar-refractivity contribution in [3.05, 3.63) is 59.2 Å². The maximum Gasteiger partial charge on any atom is 0.137 e. The molecule has 0 saturated heterocycles. The first kappa shape index (κ1) is 25.4. The van der Waals surface area contributed by atoms with Crippen molar-refractivity contribution in [2.45, 2.75) is 47.5 Å². The number of pyridine rings is 1. The summed E-state index contributed by atoms with van der Waals surface area (Å²) in [7, 11) is 0. The Labute approximate surface area is 158 Å². The zero-order valence-electron chi connectivity index (χ0n) is 16.4. The van der Waals surface area contributed by atoms with Crippen LogP contribution in [-0.2, 0) is 0 Å². The second-order valence-electron chi connectivity index (χ2n) is 4.72. The van der Waals surface area contributed by atoms with Crippen molar-refractivity contribution in [3.8, 4) is 5.75 Å². The van der Waals surface area contributed by atoms with Gasteiger partial charge in [-0.15, -0.1) is 0 Å². The van der Waals surface area contributed by atoms with E-state index in [1.54, 1.807) is 36.7 Å². The fourth-order valence-electron chi connectivity index (χ4n) is 1.82. The highest BCUT2D eigenvalue weighted by Gasteiger charge is 2.07. The number of hydrogen-bond donors (Lipinski definition) is 2. The number of aromatic nitrogens is 1. The van der Waals surface area contributed by atoms with E-state index in [4.69, 9.17) is 0 Å². The van der Waals surface area contributed by atoms with E-state index in [0.717, 1.165) is 11.1 Å². The van der Waals surface area contributed by atoms with Gasteiger partial charge < -0.3 is 5.11 Å². The number of rotatable bonds is 3. The first-order valence-electron chi connectivity index (χ1n) is 8.63. The van der Waals surface area contributed by atoms with Gasteiger partial charge in [0, 0.05) is 6.20 Å². The third-order valence-corrected chi connectivity index (χ3v) is 2.78. The van der Waals surface area contributed by atoms with Crippen molar-refractivity contribution >= 4 is 24.8 Å². The van der Waals surface area contributed by atoms with E-state index < -0.39 is 0 Å². The quantitative estimate of drug-likeness (QED) is 0.585. The molecule has 2 nitrogen and oxygen atoms in total. The molecule has 0 unspecified atom stereocenters. The first-order valence-corrected chi connectivity index (χ1v) is 9.53. The molecule has 140 valence electrons. The van der Waals surface area contributed by atoms with E-state index in [1.807, 2.05) is 47.6 Å². The molecule has 25 heavy (non-hydrogen) atoms. The monoisotopic (exact) mass is 365 g/mol. The van der Waals surface area contributed by atoms with E-state index in [-0.39, 0.29) is 17.5 Å². The van der Waals surface area contributed by atoms with Crippen LogP contribution < -0.4 is 0 Å². The lowest BCUT2D eigenvalue weighted by molar-refractivity contribution is 0.460. The minimum Gasteiger partial charge on any atom is -0.506 e. The van der Waals surface area contributed by atoms with Crippen LogP contribution in [0, 0.1) is 5.82 Å². The van der Waals surface area contributed by atoms with Crippen LogP contribution in [0.25, 0.3) is 12.2 Å². The Morgan fingerprint density at radius 1 is 1.00 bits per heavy atom. The van der Waals surface area contributed by atoms with E-state index in [1.165, 1.54) is 12.1 Å². The molecular formula is C21H32FNOS. The smallest absolute Gasteiger partial charge is 0.137 e. The van der Waals surface area contributed by atoms with Gasteiger partial charge in [0.15, 0.2) is 0 Å². The van der Waals surface area contributed by atoms with Gasteiger partial charge in [-0.2, -0.15) is 12.6 Å². The minimum atomic E-state index is -0.265. The Hall–Kier alpha value is -1.81. The summed E-state index contributed by atoms with van der Waals surface area (Å²) in [6.07, 6.45) is 6.98. The molecule has 2 rings (SSSR count). The van der Waals surface area contributed by atoms with Crippen LogP contribution in [-0.4, -0.2) is 16.3 Å². The lowest BCUT2D eigenvalue weighted by Crippen LogP contribution is -1.93. The molecule has 1 N–H and O–H groups in total. The average Bonchev–Trinajstić information content (AvgIpc) is 2.65. The fraction of sp³-hybridized carbons (Fsp3) is 0.381. The molecule has 0 atom stereocenters. The van der Waals surface area contributed by atoms with Crippen molar-refractivity contribution in [3.63, 3.8) is 0 Å². The SMILES string of the molecule is CC.CC.CC(C)c1ncc(/C=C/c2cccc(F)c2)cc1O.CS. The van der Waals surface area contributed by atoms with Gasteiger partial charge in [0.1, 0.15) is 11.6 Å². The molecule has 0 radical (unpaired) electrons. The summed E-state index contributed by atoms with van der Waals surface area (Å²) < 4.78 is 13.0. The van der Waals surface area contributed by atoms with Gasteiger partial charge in [0.05, 0.1) is 5.69 Å². The zero-order valence-corrected chi connectivity index (χ0v) is 17.3. The highest BCUT2D eigenvalue weighted by Crippen LogP contribution is 2.24. The standard InChI is InChI=1S/C16H16FNO.2C2H6.CH4S/c1-11(2)16-15(19)9-13(10-18-16)7-6-12-4-3-5-14(17)8-12;3*1-2/h3-11,19H,1-2H3;2*1-2H3;2H,1H3/b7-6+;;;. The summed E-state index contributed by atoms with van der Waals surface area (Å²) in [6.45, 7) is 12.0. The van der Waals surface area contributed by atoms with E-state index >= 15 is 0 Å². The number of aromatic hydroxyl groups is 1. The van der Waals surface area contributed by atoms with Crippen LogP contribution in [0.1, 0.15) is 64.3 Å². The zero-order chi connectivity index (χ0) is 19.8. The Kier molecular flexibility index (Phi) is 16.0. The van der Waals surface area contributed by atoms with Gasteiger partial charge in [0.2, 0.25) is 0 Å². The van der Waals surface area contributed by atoms with Crippen LogP contribution in [0.5, 0.6) is 5.75 Å². The lowest BCUT2D eigenvalue weighted by Gasteiger charge is -2.07. The van der Waals surface area contributed by atoms with Gasteiger partial charge >= 0.3 is 0 Å². The maximum atomic E-state index is 13.0. The largest absolute Gasteiger partial charge is 0.506 e. The summed E-state index contributed by atoms with van der Waals surface area (Å²) in [5, 5.41) is 9.85. The second-order valence-corrected chi connectivity index (χ2v) is 4.72. The first-order chi connectivity index (χ1) is 12.1. The Balaban J connectivity index is 0. The topological polar surface area (TPSA) is 33.1 Å². The van der Waals surface area contributed by atoms with Crippen molar-refractivity contribution in [1.29, 1.82) is 0 Å². The van der Waals surface area contributed by atoms with Gasteiger partial charge in [-0.25, -0.2) is 4.39 Å². The molecule has 1 aromatic carbocycles. The Morgan fingerprint density at radius 3 is 2.04 bits per heavy atom. The van der Waals surface area contributed by atoms with Crippen LogP contribution in [0.4, 0.5) is 4.39 Å². The fourth-order valence-corrected chi connectivity index (χ4v) is 1.82. The van der Waals surface area contributed by atoms with Crippen molar-refractivity contribution in [2.75, 3.05) is 6.26 Å². The summed E-state index contributed by atoms with van der Waals surface area (Å²) >= 11 is 3.53.